The van der Waals surface area contributed by atoms with Crippen LogP contribution in [0.3, 0.4) is 0 Å². The van der Waals surface area contributed by atoms with Gasteiger partial charge in [0.25, 0.3) is 0 Å². The van der Waals surface area contributed by atoms with E-state index in [1.807, 2.05) is 4.90 Å². The Morgan fingerprint density at radius 1 is 1.45 bits per heavy atom. The standard InChI is InChI=1S/C9H13NO/c1-2-9(11)10-6-5-8(10)7-3-4-7/h2,7-8H,1,3-6H2. The first-order chi connectivity index (χ1) is 5.33. The minimum absolute atomic E-state index is 0.119. The fourth-order valence-corrected chi connectivity index (χ4v) is 1.77. The van der Waals surface area contributed by atoms with Crippen molar-refractivity contribution < 1.29 is 4.79 Å². The molecular formula is C9H13NO. The van der Waals surface area contributed by atoms with Crippen LogP contribution < -0.4 is 0 Å². The van der Waals surface area contributed by atoms with Gasteiger partial charge in [-0.25, -0.2) is 0 Å². The summed E-state index contributed by atoms with van der Waals surface area (Å²) < 4.78 is 0. The highest BCUT2D eigenvalue weighted by Gasteiger charge is 2.41. The number of amides is 1. The maximum atomic E-state index is 11.1. The fourth-order valence-electron chi connectivity index (χ4n) is 1.77. The molecule has 11 heavy (non-hydrogen) atoms. The maximum absolute atomic E-state index is 11.1. The van der Waals surface area contributed by atoms with Crippen molar-refractivity contribution >= 4 is 5.91 Å². The number of nitrogens with zero attached hydrogens (tertiary/aromatic N) is 1. The molecule has 1 aliphatic heterocycles. The number of carbonyl (C=O) groups excluding carboxylic acids is 1. The third-order valence-corrected chi connectivity index (χ3v) is 2.69. The van der Waals surface area contributed by atoms with Crippen molar-refractivity contribution in [1.82, 2.24) is 4.90 Å². The van der Waals surface area contributed by atoms with E-state index in [-0.39, 0.29) is 5.91 Å². The van der Waals surface area contributed by atoms with Crippen molar-refractivity contribution in [2.24, 2.45) is 5.92 Å². The molecule has 1 aliphatic carbocycles. The van der Waals surface area contributed by atoms with Gasteiger partial charge in [0, 0.05) is 12.6 Å². The number of carbonyl (C=O) groups is 1. The summed E-state index contributed by atoms with van der Waals surface area (Å²) in [5, 5.41) is 0. The predicted molar refractivity (Wildman–Crippen MR) is 43.0 cm³/mol. The molecule has 2 rings (SSSR count). The molecule has 0 bridgehead atoms. The lowest BCUT2D eigenvalue weighted by atomic mass is 9.98. The van der Waals surface area contributed by atoms with E-state index >= 15 is 0 Å². The zero-order valence-corrected chi connectivity index (χ0v) is 6.62. The van der Waals surface area contributed by atoms with Crippen molar-refractivity contribution in [3.05, 3.63) is 12.7 Å². The molecule has 0 aromatic rings. The number of hydrogen-bond donors (Lipinski definition) is 0. The molecule has 2 nitrogen and oxygen atoms in total. The minimum Gasteiger partial charge on any atom is -0.336 e. The normalized spacial score (nSPS) is 29.5. The highest BCUT2D eigenvalue weighted by Crippen LogP contribution is 2.40. The summed E-state index contributed by atoms with van der Waals surface area (Å²) in [7, 11) is 0. The Bertz CT molecular complexity index is 196. The van der Waals surface area contributed by atoms with Gasteiger partial charge in [-0.1, -0.05) is 6.58 Å². The van der Waals surface area contributed by atoms with Crippen LogP contribution in [-0.2, 0) is 4.79 Å². The lowest BCUT2D eigenvalue weighted by Crippen LogP contribution is -2.51. The summed E-state index contributed by atoms with van der Waals surface area (Å²) in [5.41, 5.74) is 0. The largest absolute Gasteiger partial charge is 0.336 e. The minimum atomic E-state index is 0.119. The maximum Gasteiger partial charge on any atom is 0.246 e. The summed E-state index contributed by atoms with van der Waals surface area (Å²) in [5.74, 6) is 0.945. The first-order valence-electron chi connectivity index (χ1n) is 4.26. The molecule has 0 aromatic heterocycles. The molecule has 1 saturated heterocycles. The molecule has 1 atom stereocenters. The van der Waals surface area contributed by atoms with Gasteiger partial charge in [-0.2, -0.15) is 0 Å². The van der Waals surface area contributed by atoms with E-state index in [0.717, 1.165) is 12.5 Å². The van der Waals surface area contributed by atoms with Gasteiger partial charge < -0.3 is 4.90 Å². The Morgan fingerprint density at radius 3 is 2.55 bits per heavy atom. The zero-order chi connectivity index (χ0) is 7.84. The molecule has 0 N–H and O–H groups in total. The number of likely N-dealkylation sites (tertiary alicyclic amines) is 1. The molecule has 60 valence electrons. The number of rotatable bonds is 2. The molecule has 1 heterocycles. The summed E-state index contributed by atoms with van der Waals surface area (Å²) in [6.07, 6.45) is 5.29. The van der Waals surface area contributed by atoms with E-state index in [1.165, 1.54) is 25.3 Å². The molecule has 1 unspecified atom stereocenters. The molecule has 1 amide bonds. The monoisotopic (exact) mass is 151 g/mol. The fraction of sp³-hybridized carbons (Fsp3) is 0.667. The van der Waals surface area contributed by atoms with Gasteiger partial charge in [-0.05, 0) is 31.3 Å². The average Bonchev–Trinajstić information content (AvgIpc) is 2.69. The van der Waals surface area contributed by atoms with Crippen molar-refractivity contribution in [2.45, 2.75) is 25.3 Å². The predicted octanol–water partition coefficient (Wildman–Crippen LogP) is 1.18. The van der Waals surface area contributed by atoms with Crippen LogP contribution in [0.1, 0.15) is 19.3 Å². The SMILES string of the molecule is C=CC(=O)N1CCC1C1CC1. The third-order valence-electron chi connectivity index (χ3n) is 2.69. The molecule has 1 saturated carbocycles. The van der Waals surface area contributed by atoms with Crippen molar-refractivity contribution in [3.8, 4) is 0 Å². The Hall–Kier alpha value is -0.790. The van der Waals surface area contributed by atoms with Gasteiger partial charge in [-0.15, -0.1) is 0 Å². The molecular weight excluding hydrogens is 138 g/mol. The first-order valence-corrected chi connectivity index (χ1v) is 4.26. The van der Waals surface area contributed by atoms with E-state index < -0.39 is 0 Å². The smallest absolute Gasteiger partial charge is 0.246 e. The Labute approximate surface area is 66.9 Å². The Morgan fingerprint density at radius 2 is 2.18 bits per heavy atom. The molecule has 2 heteroatoms. The van der Waals surface area contributed by atoms with Gasteiger partial charge in [0.2, 0.25) is 5.91 Å². The van der Waals surface area contributed by atoms with Crippen LogP contribution in [0.25, 0.3) is 0 Å². The Kier molecular flexibility index (Phi) is 1.48. The van der Waals surface area contributed by atoms with Crippen LogP contribution in [0.5, 0.6) is 0 Å². The molecule has 0 spiro atoms. The highest BCUT2D eigenvalue weighted by atomic mass is 16.2. The summed E-state index contributed by atoms with van der Waals surface area (Å²) in [4.78, 5) is 13.1. The van der Waals surface area contributed by atoms with Gasteiger partial charge in [0.15, 0.2) is 0 Å². The van der Waals surface area contributed by atoms with Gasteiger partial charge in [0.05, 0.1) is 0 Å². The van der Waals surface area contributed by atoms with Crippen LogP contribution in [0.15, 0.2) is 12.7 Å². The van der Waals surface area contributed by atoms with Crippen molar-refractivity contribution in [3.63, 3.8) is 0 Å². The van der Waals surface area contributed by atoms with E-state index in [9.17, 15) is 4.79 Å². The van der Waals surface area contributed by atoms with E-state index in [4.69, 9.17) is 0 Å². The second-order valence-corrected chi connectivity index (χ2v) is 3.43. The second kappa shape index (κ2) is 2.36. The lowest BCUT2D eigenvalue weighted by molar-refractivity contribution is -0.134. The van der Waals surface area contributed by atoms with Gasteiger partial charge >= 0.3 is 0 Å². The number of hydrogen-bond acceptors (Lipinski definition) is 1. The molecule has 2 aliphatic rings. The van der Waals surface area contributed by atoms with Crippen LogP contribution in [0, 0.1) is 5.92 Å². The summed E-state index contributed by atoms with van der Waals surface area (Å²) >= 11 is 0. The van der Waals surface area contributed by atoms with Gasteiger partial charge in [0.1, 0.15) is 0 Å². The lowest BCUT2D eigenvalue weighted by Gasteiger charge is -2.40. The highest BCUT2D eigenvalue weighted by molar-refractivity contribution is 5.87. The average molecular weight is 151 g/mol. The third kappa shape index (κ3) is 1.06. The van der Waals surface area contributed by atoms with Gasteiger partial charge in [-0.3, -0.25) is 4.79 Å². The molecule has 0 aromatic carbocycles. The van der Waals surface area contributed by atoms with Crippen molar-refractivity contribution in [2.75, 3.05) is 6.54 Å². The second-order valence-electron chi connectivity index (χ2n) is 3.43. The molecule has 0 radical (unpaired) electrons. The quantitative estimate of drug-likeness (QED) is 0.543. The van der Waals surface area contributed by atoms with E-state index in [0.29, 0.717) is 6.04 Å². The Balaban J connectivity index is 1.93. The zero-order valence-electron chi connectivity index (χ0n) is 6.62. The van der Waals surface area contributed by atoms with E-state index in [1.54, 1.807) is 0 Å². The van der Waals surface area contributed by atoms with Crippen LogP contribution in [0.4, 0.5) is 0 Å². The van der Waals surface area contributed by atoms with Crippen LogP contribution in [0.2, 0.25) is 0 Å². The van der Waals surface area contributed by atoms with Crippen molar-refractivity contribution in [1.29, 1.82) is 0 Å². The van der Waals surface area contributed by atoms with Crippen LogP contribution >= 0.6 is 0 Å². The first kappa shape index (κ1) is 6.89. The molecule has 2 fully saturated rings. The van der Waals surface area contributed by atoms with Crippen LogP contribution in [-0.4, -0.2) is 23.4 Å². The summed E-state index contributed by atoms with van der Waals surface area (Å²) in [6, 6.07) is 0.570. The topological polar surface area (TPSA) is 20.3 Å². The summed E-state index contributed by atoms with van der Waals surface area (Å²) in [6.45, 7) is 4.44. The van der Waals surface area contributed by atoms with E-state index in [2.05, 4.69) is 6.58 Å².